The minimum atomic E-state index is -0.589. The van der Waals surface area contributed by atoms with Gasteiger partial charge in [-0.25, -0.2) is 4.39 Å². The Morgan fingerprint density at radius 1 is 1.56 bits per heavy atom. The van der Waals surface area contributed by atoms with E-state index in [4.69, 9.17) is 5.26 Å². The standard InChI is InChI=1S/C13H14FN3O/c1-16-11-5-3-7-17(13(11)18)12-6-2-4-10(14)9(12)8-15/h2,4,6,11,16H,3,5,7H2,1H3. The highest BCUT2D eigenvalue weighted by Gasteiger charge is 2.30. The Morgan fingerprint density at radius 2 is 2.33 bits per heavy atom. The molecule has 1 N–H and O–H groups in total. The summed E-state index contributed by atoms with van der Waals surface area (Å²) in [5.74, 6) is -0.694. The van der Waals surface area contributed by atoms with Gasteiger partial charge in [-0.2, -0.15) is 5.26 Å². The van der Waals surface area contributed by atoms with Crippen molar-refractivity contribution in [1.82, 2.24) is 5.32 Å². The van der Waals surface area contributed by atoms with Crippen LogP contribution in [0.5, 0.6) is 0 Å². The monoisotopic (exact) mass is 247 g/mol. The molecular formula is C13H14FN3O. The van der Waals surface area contributed by atoms with Crippen LogP contribution in [0.2, 0.25) is 0 Å². The Balaban J connectivity index is 2.40. The van der Waals surface area contributed by atoms with Crippen LogP contribution in [0.25, 0.3) is 0 Å². The summed E-state index contributed by atoms with van der Waals surface area (Å²) in [5, 5.41) is 11.9. The zero-order valence-electron chi connectivity index (χ0n) is 10.1. The topological polar surface area (TPSA) is 56.1 Å². The Kier molecular flexibility index (Phi) is 3.58. The van der Waals surface area contributed by atoms with Crippen molar-refractivity contribution < 1.29 is 9.18 Å². The molecule has 1 aliphatic rings. The van der Waals surface area contributed by atoms with Crippen LogP contribution in [0.15, 0.2) is 18.2 Å². The molecule has 0 aromatic heterocycles. The van der Waals surface area contributed by atoms with E-state index in [1.165, 1.54) is 17.0 Å². The van der Waals surface area contributed by atoms with Gasteiger partial charge in [-0.3, -0.25) is 4.79 Å². The number of hydrogen-bond donors (Lipinski definition) is 1. The summed E-state index contributed by atoms with van der Waals surface area (Å²) in [5.41, 5.74) is 0.296. The quantitative estimate of drug-likeness (QED) is 0.859. The maximum absolute atomic E-state index is 13.5. The maximum atomic E-state index is 13.5. The third-order valence-electron chi connectivity index (χ3n) is 3.18. The van der Waals surface area contributed by atoms with Crippen molar-refractivity contribution in [2.45, 2.75) is 18.9 Å². The first-order valence-corrected chi connectivity index (χ1v) is 5.86. The molecule has 1 saturated heterocycles. The Morgan fingerprint density at radius 3 is 3.00 bits per heavy atom. The fourth-order valence-corrected chi connectivity index (χ4v) is 2.23. The summed E-state index contributed by atoms with van der Waals surface area (Å²) in [6.45, 7) is 0.523. The molecule has 4 nitrogen and oxygen atoms in total. The lowest BCUT2D eigenvalue weighted by Gasteiger charge is -2.32. The highest BCUT2D eigenvalue weighted by molar-refractivity contribution is 5.99. The second kappa shape index (κ2) is 5.15. The van der Waals surface area contributed by atoms with Crippen LogP contribution in [0.4, 0.5) is 10.1 Å². The molecule has 0 bridgehead atoms. The number of piperidine rings is 1. The van der Waals surface area contributed by atoms with Gasteiger partial charge in [0.05, 0.1) is 11.7 Å². The lowest BCUT2D eigenvalue weighted by atomic mass is 10.0. The van der Waals surface area contributed by atoms with Crippen molar-refractivity contribution in [3.05, 3.63) is 29.6 Å². The van der Waals surface area contributed by atoms with Gasteiger partial charge in [-0.15, -0.1) is 0 Å². The maximum Gasteiger partial charge on any atom is 0.244 e. The SMILES string of the molecule is CNC1CCCN(c2cccc(F)c2C#N)C1=O. The average molecular weight is 247 g/mol. The number of likely N-dealkylation sites (N-methyl/N-ethyl adjacent to an activating group) is 1. The highest BCUT2D eigenvalue weighted by atomic mass is 19.1. The number of halogens is 1. The van der Waals surface area contributed by atoms with Crippen molar-refractivity contribution in [2.24, 2.45) is 0 Å². The molecule has 1 aliphatic heterocycles. The molecule has 1 fully saturated rings. The molecule has 0 saturated carbocycles. The van der Waals surface area contributed by atoms with Crippen molar-refractivity contribution in [1.29, 1.82) is 5.26 Å². The predicted octanol–water partition coefficient (Wildman–Crippen LogP) is 1.41. The lowest BCUT2D eigenvalue weighted by Crippen LogP contribution is -2.50. The predicted molar refractivity (Wildman–Crippen MR) is 65.5 cm³/mol. The van der Waals surface area contributed by atoms with Crippen LogP contribution in [-0.2, 0) is 4.79 Å². The van der Waals surface area contributed by atoms with Crippen molar-refractivity contribution in [3.63, 3.8) is 0 Å². The zero-order chi connectivity index (χ0) is 13.1. The summed E-state index contributed by atoms with van der Waals surface area (Å²) in [6.07, 6.45) is 1.60. The molecule has 1 atom stereocenters. The minimum Gasteiger partial charge on any atom is -0.310 e. The molecule has 1 amide bonds. The lowest BCUT2D eigenvalue weighted by molar-refractivity contribution is -0.121. The van der Waals surface area contributed by atoms with Gasteiger partial charge >= 0.3 is 0 Å². The largest absolute Gasteiger partial charge is 0.310 e. The number of nitrogens with one attached hydrogen (secondary N) is 1. The van der Waals surface area contributed by atoms with Gasteiger partial charge in [0.25, 0.3) is 0 Å². The smallest absolute Gasteiger partial charge is 0.244 e. The van der Waals surface area contributed by atoms with E-state index < -0.39 is 5.82 Å². The molecule has 0 aliphatic carbocycles. The summed E-state index contributed by atoms with van der Waals surface area (Å²) >= 11 is 0. The summed E-state index contributed by atoms with van der Waals surface area (Å²) < 4.78 is 13.5. The number of rotatable bonds is 2. The van der Waals surface area contributed by atoms with Gasteiger partial charge in [0.2, 0.25) is 5.91 Å². The van der Waals surface area contributed by atoms with E-state index in [0.717, 1.165) is 12.8 Å². The molecule has 0 radical (unpaired) electrons. The van der Waals surface area contributed by atoms with Crippen LogP contribution < -0.4 is 10.2 Å². The van der Waals surface area contributed by atoms with Gasteiger partial charge < -0.3 is 10.2 Å². The van der Waals surface area contributed by atoms with Crippen molar-refractivity contribution >= 4 is 11.6 Å². The van der Waals surface area contributed by atoms with Gasteiger partial charge in [-0.1, -0.05) is 6.07 Å². The van der Waals surface area contributed by atoms with E-state index in [1.54, 1.807) is 13.1 Å². The van der Waals surface area contributed by atoms with E-state index >= 15 is 0 Å². The number of benzene rings is 1. The number of amides is 1. The molecule has 1 heterocycles. The summed E-state index contributed by atoms with van der Waals surface area (Å²) in [7, 11) is 1.73. The number of nitrogens with zero attached hydrogens (tertiary/aromatic N) is 2. The Hall–Kier alpha value is -1.93. The fourth-order valence-electron chi connectivity index (χ4n) is 2.23. The first-order chi connectivity index (χ1) is 8.69. The van der Waals surface area contributed by atoms with E-state index in [0.29, 0.717) is 12.2 Å². The summed E-state index contributed by atoms with van der Waals surface area (Å²) in [6, 6.07) is 5.92. The number of hydrogen-bond acceptors (Lipinski definition) is 3. The van der Waals surface area contributed by atoms with Gasteiger partial charge in [0, 0.05) is 6.54 Å². The number of nitriles is 1. The second-order valence-corrected chi connectivity index (χ2v) is 4.22. The molecule has 1 unspecified atom stereocenters. The normalized spacial score (nSPS) is 19.7. The van der Waals surface area contributed by atoms with Crippen LogP contribution in [0.1, 0.15) is 18.4 Å². The van der Waals surface area contributed by atoms with Crippen LogP contribution in [0.3, 0.4) is 0 Å². The molecule has 5 heteroatoms. The average Bonchev–Trinajstić information content (AvgIpc) is 2.39. The second-order valence-electron chi connectivity index (χ2n) is 4.22. The third-order valence-corrected chi connectivity index (χ3v) is 3.18. The number of carbonyl (C=O) groups is 1. The zero-order valence-corrected chi connectivity index (χ0v) is 10.1. The molecule has 1 aromatic rings. The van der Waals surface area contributed by atoms with Crippen LogP contribution in [-0.4, -0.2) is 25.5 Å². The van der Waals surface area contributed by atoms with E-state index in [9.17, 15) is 9.18 Å². The fraction of sp³-hybridized carbons (Fsp3) is 0.385. The first-order valence-electron chi connectivity index (χ1n) is 5.86. The first kappa shape index (κ1) is 12.5. The van der Waals surface area contributed by atoms with Crippen LogP contribution >= 0.6 is 0 Å². The van der Waals surface area contributed by atoms with Gasteiger partial charge in [0.1, 0.15) is 17.4 Å². The van der Waals surface area contributed by atoms with Gasteiger partial charge in [0.15, 0.2) is 0 Å². The van der Waals surface area contributed by atoms with E-state index in [-0.39, 0.29) is 17.5 Å². The molecule has 18 heavy (non-hydrogen) atoms. The van der Waals surface area contributed by atoms with Crippen molar-refractivity contribution in [3.8, 4) is 6.07 Å². The summed E-state index contributed by atoms with van der Waals surface area (Å²) in [4.78, 5) is 13.7. The minimum absolute atomic E-state index is 0.0670. The molecule has 94 valence electrons. The third kappa shape index (κ3) is 2.07. The van der Waals surface area contributed by atoms with Crippen molar-refractivity contribution in [2.75, 3.05) is 18.5 Å². The molecule has 0 spiro atoms. The van der Waals surface area contributed by atoms with E-state index in [2.05, 4.69) is 5.32 Å². The Bertz CT molecular complexity index is 509. The number of carbonyl (C=O) groups excluding carboxylic acids is 1. The van der Waals surface area contributed by atoms with Crippen LogP contribution in [0, 0.1) is 17.1 Å². The molecular weight excluding hydrogens is 233 g/mol. The highest BCUT2D eigenvalue weighted by Crippen LogP contribution is 2.26. The Labute approximate surface area is 105 Å². The molecule has 1 aromatic carbocycles. The molecule has 2 rings (SSSR count). The van der Waals surface area contributed by atoms with E-state index in [1.807, 2.05) is 6.07 Å². The number of anilines is 1. The van der Waals surface area contributed by atoms with Gasteiger partial charge in [-0.05, 0) is 32.0 Å².